The molecule has 0 atom stereocenters. The fourth-order valence-corrected chi connectivity index (χ4v) is 4.36. The first kappa shape index (κ1) is 16.7. The molecule has 4 rings (SSSR count). The summed E-state index contributed by atoms with van der Waals surface area (Å²) in [5.74, 6) is -0.360. The number of rotatable bonds is 4. The van der Waals surface area contributed by atoms with Gasteiger partial charge in [-0.1, -0.05) is 12.1 Å². The topological polar surface area (TPSA) is 99.4 Å². The van der Waals surface area contributed by atoms with Crippen molar-refractivity contribution in [3.8, 4) is 0 Å². The molecule has 0 saturated carbocycles. The molecule has 0 spiro atoms. The number of carboxylic acid groups (broad SMARTS) is 1. The van der Waals surface area contributed by atoms with Crippen molar-refractivity contribution < 1.29 is 22.7 Å². The van der Waals surface area contributed by atoms with Crippen LogP contribution >= 0.6 is 0 Å². The normalized spacial score (nSPS) is 14.2. The van der Waals surface area contributed by atoms with Gasteiger partial charge in [0.25, 0.3) is 10.0 Å². The number of aromatic carboxylic acids is 1. The molecule has 1 aliphatic rings. The molecule has 6 nitrogen and oxygen atoms in total. The van der Waals surface area contributed by atoms with Crippen LogP contribution < -0.4 is 9.83 Å². The van der Waals surface area contributed by atoms with E-state index in [1.54, 1.807) is 18.2 Å². The smallest absolute Gasteiger partial charge is 0.261 e. The minimum atomic E-state index is -3.82. The Morgan fingerprint density at radius 3 is 2.50 bits per heavy atom. The van der Waals surface area contributed by atoms with Gasteiger partial charge in [0.15, 0.2) is 0 Å². The third-order valence-corrected chi connectivity index (χ3v) is 6.00. The van der Waals surface area contributed by atoms with Gasteiger partial charge in [0, 0.05) is 23.1 Å². The molecular weight excluding hydrogens is 354 g/mol. The lowest BCUT2D eigenvalue weighted by atomic mass is 9.96. The number of carbonyl (C=O) groups is 1. The average Bonchev–Trinajstić information content (AvgIpc) is 2.99. The Hall–Kier alpha value is -2.80. The Morgan fingerprint density at radius 2 is 1.77 bits per heavy atom. The number of aryl methyl sites for hydroxylation is 2. The Morgan fingerprint density at radius 1 is 1.04 bits per heavy atom. The highest BCUT2D eigenvalue weighted by molar-refractivity contribution is 7.92. The van der Waals surface area contributed by atoms with Crippen molar-refractivity contribution in [3.63, 3.8) is 0 Å². The fraction of sp³-hybridized carbons (Fsp3) is 0.211. The average molecular weight is 370 g/mol. The first-order chi connectivity index (χ1) is 12.4. The molecule has 3 aromatic rings. The summed E-state index contributed by atoms with van der Waals surface area (Å²) < 4.78 is 33.5. The molecule has 0 saturated heterocycles. The van der Waals surface area contributed by atoms with Crippen LogP contribution in [0.15, 0.2) is 51.8 Å². The van der Waals surface area contributed by atoms with Crippen LogP contribution in [0, 0.1) is 0 Å². The van der Waals surface area contributed by atoms with Gasteiger partial charge < -0.3 is 14.3 Å². The van der Waals surface area contributed by atoms with E-state index in [9.17, 15) is 18.3 Å². The Bertz CT molecular complexity index is 1100. The first-order valence-electron chi connectivity index (χ1n) is 8.32. The van der Waals surface area contributed by atoms with Crippen molar-refractivity contribution in [1.29, 1.82) is 0 Å². The summed E-state index contributed by atoms with van der Waals surface area (Å²) in [5.41, 5.74) is 2.29. The van der Waals surface area contributed by atoms with Gasteiger partial charge in [-0.3, -0.25) is 4.72 Å². The zero-order valence-electron chi connectivity index (χ0n) is 13.8. The lowest BCUT2D eigenvalue weighted by Crippen LogP contribution is -2.22. The first-order valence-corrected chi connectivity index (χ1v) is 9.81. The van der Waals surface area contributed by atoms with Gasteiger partial charge in [-0.25, -0.2) is 8.42 Å². The van der Waals surface area contributed by atoms with Gasteiger partial charge in [0.2, 0.25) is 0 Å². The van der Waals surface area contributed by atoms with Gasteiger partial charge in [-0.05, 0) is 55.2 Å². The number of benzene rings is 2. The molecule has 1 heterocycles. The molecule has 1 aliphatic carbocycles. The van der Waals surface area contributed by atoms with E-state index in [4.69, 9.17) is 4.42 Å². The van der Waals surface area contributed by atoms with Crippen molar-refractivity contribution >= 4 is 32.6 Å². The molecule has 0 aliphatic heterocycles. The summed E-state index contributed by atoms with van der Waals surface area (Å²) in [6.07, 6.45) is 4.05. The number of anilines is 1. The zero-order chi connectivity index (χ0) is 18.3. The SMILES string of the molecule is O=C([O-])c1ccc(S(=O)(=O)Nc2ccc3oc4c(c3c2)CCCC4)cc1. The maximum atomic E-state index is 12.5. The van der Waals surface area contributed by atoms with Crippen molar-refractivity contribution in [1.82, 2.24) is 0 Å². The van der Waals surface area contributed by atoms with Crippen LogP contribution in [0.1, 0.15) is 34.5 Å². The zero-order valence-corrected chi connectivity index (χ0v) is 14.6. The van der Waals surface area contributed by atoms with Crippen LogP contribution in [-0.4, -0.2) is 14.4 Å². The summed E-state index contributed by atoms with van der Waals surface area (Å²) in [6.45, 7) is 0. The summed E-state index contributed by atoms with van der Waals surface area (Å²) in [7, 11) is -3.82. The maximum Gasteiger partial charge on any atom is 0.261 e. The molecule has 0 unspecified atom stereocenters. The van der Waals surface area contributed by atoms with E-state index in [1.165, 1.54) is 24.3 Å². The van der Waals surface area contributed by atoms with Crippen molar-refractivity contribution in [2.75, 3.05) is 4.72 Å². The number of fused-ring (bicyclic) bond motifs is 3. The summed E-state index contributed by atoms with van der Waals surface area (Å²) >= 11 is 0. The summed E-state index contributed by atoms with van der Waals surface area (Å²) in [4.78, 5) is 10.8. The van der Waals surface area contributed by atoms with E-state index < -0.39 is 16.0 Å². The van der Waals surface area contributed by atoms with Gasteiger partial charge in [-0.15, -0.1) is 0 Å². The van der Waals surface area contributed by atoms with Crippen LogP contribution in [0.3, 0.4) is 0 Å². The van der Waals surface area contributed by atoms with Gasteiger partial charge >= 0.3 is 0 Å². The monoisotopic (exact) mass is 370 g/mol. The molecule has 0 fully saturated rings. The van der Waals surface area contributed by atoms with Crippen molar-refractivity contribution in [2.24, 2.45) is 0 Å². The van der Waals surface area contributed by atoms with Crippen LogP contribution in [0.25, 0.3) is 11.0 Å². The van der Waals surface area contributed by atoms with E-state index in [0.29, 0.717) is 5.69 Å². The predicted octanol–water partition coefficient (Wildman–Crippen LogP) is 2.48. The Balaban J connectivity index is 1.66. The molecule has 0 bridgehead atoms. The Kier molecular flexibility index (Phi) is 3.96. The fourth-order valence-electron chi connectivity index (χ4n) is 3.31. The van der Waals surface area contributed by atoms with Crippen LogP contribution in [-0.2, 0) is 22.9 Å². The van der Waals surface area contributed by atoms with Crippen molar-refractivity contribution in [3.05, 3.63) is 59.4 Å². The second-order valence-electron chi connectivity index (χ2n) is 6.34. The standard InChI is InChI=1S/C19H17NO5S/c21-19(22)12-5-8-14(9-6-12)26(23,24)20-13-7-10-18-16(11-13)15-3-1-2-4-17(15)25-18/h5-11,20H,1-4H2,(H,21,22)/p-1. The third kappa shape index (κ3) is 2.94. The molecule has 26 heavy (non-hydrogen) atoms. The number of hydrogen-bond donors (Lipinski definition) is 1. The van der Waals surface area contributed by atoms with Gasteiger partial charge in [0.05, 0.1) is 10.9 Å². The molecular formula is C19H16NO5S-. The number of carbonyl (C=O) groups excluding carboxylic acids is 1. The minimum Gasteiger partial charge on any atom is -0.545 e. The number of nitrogens with one attached hydrogen (secondary N) is 1. The predicted molar refractivity (Wildman–Crippen MR) is 94.4 cm³/mol. The highest BCUT2D eigenvalue weighted by Crippen LogP contribution is 2.33. The third-order valence-electron chi connectivity index (χ3n) is 4.61. The largest absolute Gasteiger partial charge is 0.545 e. The molecule has 0 radical (unpaired) electrons. The van der Waals surface area contributed by atoms with E-state index in [2.05, 4.69) is 4.72 Å². The molecule has 2 aromatic carbocycles. The molecule has 0 amide bonds. The molecule has 7 heteroatoms. The number of sulfonamides is 1. The second-order valence-corrected chi connectivity index (χ2v) is 8.02. The van der Waals surface area contributed by atoms with E-state index in [-0.39, 0.29) is 10.5 Å². The quantitative estimate of drug-likeness (QED) is 0.760. The summed E-state index contributed by atoms with van der Waals surface area (Å²) in [6, 6.07) is 10.1. The lowest BCUT2D eigenvalue weighted by molar-refractivity contribution is -0.255. The number of hydrogen-bond acceptors (Lipinski definition) is 5. The Labute approximate surface area is 150 Å². The van der Waals surface area contributed by atoms with E-state index >= 15 is 0 Å². The van der Waals surface area contributed by atoms with E-state index in [1.807, 2.05) is 0 Å². The number of carboxylic acids is 1. The lowest BCUT2D eigenvalue weighted by Gasteiger charge is -2.10. The molecule has 134 valence electrons. The maximum absolute atomic E-state index is 12.5. The highest BCUT2D eigenvalue weighted by atomic mass is 32.2. The van der Waals surface area contributed by atoms with Gasteiger partial charge in [0.1, 0.15) is 11.3 Å². The van der Waals surface area contributed by atoms with Crippen LogP contribution in [0.4, 0.5) is 5.69 Å². The summed E-state index contributed by atoms with van der Waals surface area (Å²) in [5, 5.41) is 11.7. The van der Waals surface area contributed by atoms with Crippen LogP contribution in [0.5, 0.6) is 0 Å². The van der Waals surface area contributed by atoms with E-state index in [0.717, 1.165) is 48.0 Å². The second kappa shape index (κ2) is 6.17. The minimum absolute atomic E-state index is 0.0168. The highest BCUT2D eigenvalue weighted by Gasteiger charge is 2.19. The molecule has 1 aromatic heterocycles. The van der Waals surface area contributed by atoms with Crippen molar-refractivity contribution in [2.45, 2.75) is 30.6 Å². The van der Waals surface area contributed by atoms with Gasteiger partial charge in [-0.2, -0.15) is 0 Å². The van der Waals surface area contributed by atoms with Crippen LogP contribution in [0.2, 0.25) is 0 Å². The number of furan rings is 1. The molecule has 1 N–H and O–H groups in total.